The van der Waals surface area contributed by atoms with E-state index in [2.05, 4.69) is 0 Å². The minimum atomic E-state index is -0.278. The third-order valence-electron chi connectivity index (χ3n) is 2.43. The SMILES string of the molecule is NCc1ccc(-c2cccc(Cl)c2)cc1F. The zero-order valence-electron chi connectivity index (χ0n) is 8.58. The molecule has 0 atom stereocenters. The fourth-order valence-electron chi connectivity index (χ4n) is 1.56. The average Bonchev–Trinajstić information content (AvgIpc) is 2.29. The summed E-state index contributed by atoms with van der Waals surface area (Å²) in [5.74, 6) is -0.278. The number of hydrogen-bond acceptors (Lipinski definition) is 1. The number of benzene rings is 2. The standard InChI is InChI=1S/C13H11ClFN/c14-12-3-1-2-9(6-12)10-4-5-11(8-16)13(15)7-10/h1-7H,8,16H2. The average molecular weight is 236 g/mol. The molecule has 0 aromatic heterocycles. The Hall–Kier alpha value is -1.38. The van der Waals surface area contributed by atoms with Crippen LogP contribution in [0.4, 0.5) is 4.39 Å². The van der Waals surface area contributed by atoms with Gasteiger partial charge in [-0.15, -0.1) is 0 Å². The lowest BCUT2D eigenvalue weighted by Crippen LogP contribution is -1.99. The van der Waals surface area contributed by atoms with Crippen molar-refractivity contribution in [1.82, 2.24) is 0 Å². The lowest BCUT2D eigenvalue weighted by Gasteiger charge is -2.05. The van der Waals surface area contributed by atoms with Crippen LogP contribution in [0, 0.1) is 5.82 Å². The van der Waals surface area contributed by atoms with E-state index in [0.717, 1.165) is 11.1 Å². The monoisotopic (exact) mass is 235 g/mol. The van der Waals surface area contributed by atoms with E-state index in [1.807, 2.05) is 18.2 Å². The molecular weight excluding hydrogens is 225 g/mol. The molecule has 0 aliphatic heterocycles. The maximum absolute atomic E-state index is 13.5. The second-order valence-corrected chi connectivity index (χ2v) is 3.96. The fourth-order valence-corrected chi connectivity index (χ4v) is 1.75. The second-order valence-electron chi connectivity index (χ2n) is 3.52. The van der Waals surface area contributed by atoms with E-state index in [-0.39, 0.29) is 12.4 Å². The number of hydrogen-bond donors (Lipinski definition) is 1. The quantitative estimate of drug-likeness (QED) is 0.846. The molecule has 0 fully saturated rings. The third-order valence-corrected chi connectivity index (χ3v) is 2.67. The number of halogens is 2. The van der Waals surface area contributed by atoms with E-state index in [0.29, 0.717) is 10.6 Å². The zero-order valence-corrected chi connectivity index (χ0v) is 9.34. The second kappa shape index (κ2) is 4.64. The molecule has 2 rings (SSSR count). The van der Waals surface area contributed by atoms with Crippen LogP contribution in [0.3, 0.4) is 0 Å². The van der Waals surface area contributed by atoms with Gasteiger partial charge in [0.15, 0.2) is 0 Å². The Labute approximate surface area is 98.7 Å². The highest BCUT2D eigenvalue weighted by molar-refractivity contribution is 6.30. The molecule has 0 aliphatic carbocycles. The molecule has 1 nitrogen and oxygen atoms in total. The van der Waals surface area contributed by atoms with E-state index < -0.39 is 0 Å². The Morgan fingerprint density at radius 1 is 1.06 bits per heavy atom. The minimum Gasteiger partial charge on any atom is -0.326 e. The van der Waals surface area contributed by atoms with Crippen molar-refractivity contribution in [3.63, 3.8) is 0 Å². The first-order valence-corrected chi connectivity index (χ1v) is 5.33. The molecule has 2 aromatic carbocycles. The van der Waals surface area contributed by atoms with Gasteiger partial charge in [-0.25, -0.2) is 4.39 Å². The fraction of sp³-hybridized carbons (Fsp3) is 0.0769. The van der Waals surface area contributed by atoms with Crippen LogP contribution in [0.5, 0.6) is 0 Å². The zero-order chi connectivity index (χ0) is 11.5. The van der Waals surface area contributed by atoms with Crippen LogP contribution in [0.25, 0.3) is 11.1 Å². The largest absolute Gasteiger partial charge is 0.326 e. The first-order valence-electron chi connectivity index (χ1n) is 4.95. The number of nitrogens with two attached hydrogens (primary N) is 1. The van der Waals surface area contributed by atoms with E-state index >= 15 is 0 Å². The van der Waals surface area contributed by atoms with Crippen LogP contribution >= 0.6 is 11.6 Å². The van der Waals surface area contributed by atoms with Crippen molar-refractivity contribution >= 4 is 11.6 Å². The molecule has 0 saturated heterocycles. The Balaban J connectivity index is 2.45. The predicted octanol–water partition coefficient (Wildman–Crippen LogP) is 3.60. The molecule has 0 heterocycles. The van der Waals surface area contributed by atoms with Gasteiger partial charge in [0.1, 0.15) is 5.82 Å². The van der Waals surface area contributed by atoms with E-state index in [1.165, 1.54) is 6.07 Å². The summed E-state index contributed by atoms with van der Waals surface area (Å²) in [5.41, 5.74) is 7.62. The summed E-state index contributed by atoms with van der Waals surface area (Å²) in [4.78, 5) is 0. The summed E-state index contributed by atoms with van der Waals surface area (Å²) in [5, 5.41) is 0.640. The highest BCUT2D eigenvalue weighted by Gasteiger charge is 2.04. The van der Waals surface area contributed by atoms with Crippen LogP contribution in [-0.2, 0) is 6.54 Å². The van der Waals surface area contributed by atoms with Gasteiger partial charge in [-0.2, -0.15) is 0 Å². The molecule has 0 radical (unpaired) electrons. The van der Waals surface area contributed by atoms with Gasteiger partial charge in [0.05, 0.1) is 0 Å². The van der Waals surface area contributed by atoms with Crippen molar-refractivity contribution in [2.45, 2.75) is 6.54 Å². The Bertz CT molecular complexity index is 511. The smallest absolute Gasteiger partial charge is 0.128 e. The summed E-state index contributed by atoms with van der Waals surface area (Å²) in [6.45, 7) is 0.210. The van der Waals surface area contributed by atoms with E-state index in [4.69, 9.17) is 17.3 Å². The van der Waals surface area contributed by atoms with Crippen molar-refractivity contribution in [3.05, 3.63) is 58.9 Å². The molecule has 3 heteroatoms. The first kappa shape index (κ1) is 11.1. The third kappa shape index (κ3) is 2.23. The van der Waals surface area contributed by atoms with Crippen molar-refractivity contribution in [2.75, 3.05) is 0 Å². The molecule has 0 saturated carbocycles. The predicted molar refractivity (Wildman–Crippen MR) is 64.7 cm³/mol. The van der Waals surface area contributed by atoms with Gasteiger partial charge in [-0.3, -0.25) is 0 Å². The molecule has 0 spiro atoms. The molecule has 0 amide bonds. The Morgan fingerprint density at radius 2 is 1.81 bits per heavy atom. The van der Waals surface area contributed by atoms with Gasteiger partial charge in [-0.05, 0) is 29.3 Å². The van der Waals surface area contributed by atoms with Gasteiger partial charge in [0.2, 0.25) is 0 Å². The van der Waals surface area contributed by atoms with Crippen molar-refractivity contribution < 1.29 is 4.39 Å². The van der Waals surface area contributed by atoms with Crippen LogP contribution in [0.1, 0.15) is 5.56 Å². The van der Waals surface area contributed by atoms with Gasteiger partial charge < -0.3 is 5.73 Å². The molecule has 0 aliphatic rings. The van der Waals surface area contributed by atoms with Crippen LogP contribution < -0.4 is 5.73 Å². The summed E-state index contributed by atoms with van der Waals surface area (Å²) >= 11 is 5.88. The first-order chi connectivity index (χ1) is 7.70. The molecule has 82 valence electrons. The maximum Gasteiger partial charge on any atom is 0.128 e. The molecule has 2 N–H and O–H groups in total. The summed E-state index contributed by atoms with van der Waals surface area (Å²) in [6.07, 6.45) is 0. The van der Waals surface area contributed by atoms with Crippen LogP contribution in [0.15, 0.2) is 42.5 Å². The van der Waals surface area contributed by atoms with Gasteiger partial charge in [0.25, 0.3) is 0 Å². The van der Waals surface area contributed by atoms with E-state index in [1.54, 1.807) is 18.2 Å². The molecule has 0 unspecified atom stereocenters. The van der Waals surface area contributed by atoms with Gasteiger partial charge >= 0.3 is 0 Å². The number of rotatable bonds is 2. The summed E-state index contributed by atoms with van der Waals surface area (Å²) < 4.78 is 13.5. The molecule has 16 heavy (non-hydrogen) atoms. The lowest BCUT2D eigenvalue weighted by molar-refractivity contribution is 0.611. The van der Waals surface area contributed by atoms with Crippen molar-refractivity contribution in [2.24, 2.45) is 5.73 Å². The topological polar surface area (TPSA) is 26.0 Å². The van der Waals surface area contributed by atoms with Crippen LogP contribution in [0.2, 0.25) is 5.02 Å². The molecule has 0 bridgehead atoms. The van der Waals surface area contributed by atoms with Gasteiger partial charge in [-0.1, -0.05) is 35.9 Å². The highest BCUT2D eigenvalue weighted by Crippen LogP contribution is 2.24. The highest BCUT2D eigenvalue weighted by atomic mass is 35.5. The summed E-state index contributed by atoms with van der Waals surface area (Å²) in [7, 11) is 0. The van der Waals surface area contributed by atoms with Crippen molar-refractivity contribution in [3.8, 4) is 11.1 Å². The lowest BCUT2D eigenvalue weighted by atomic mass is 10.0. The minimum absolute atomic E-state index is 0.210. The Kier molecular flexibility index (Phi) is 3.22. The maximum atomic E-state index is 13.5. The van der Waals surface area contributed by atoms with Crippen LogP contribution in [-0.4, -0.2) is 0 Å². The Morgan fingerprint density at radius 3 is 2.44 bits per heavy atom. The molecule has 2 aromatic rings. The molecular formula is C13H11ClFN. The van der Waals surface area contributed by atoms with Crippen molar-refractivity contribution in [1.29, 1.82) is 0 Å². The van der Waals surface area contributed by atoms with Gasteiger partial charge in [0, 0.05) is 17.1 Å². The summed E-state index contributed by atoms with van der Waals surface area (Å²) in [6, 6.07) is 12.3. The normalized spacial score (nSPS) is 10.4. The van der Waals surface area contributed by atoms with E-state index in [9.17, 15) is 4.39 Å².